The number of piperazine rings is 2. The van der Waals surface area contributed by atoms with Gasteiger partial charge in [0.05, 0.1) is 38.2 Å². The van der Waals surface area contributed by atoms with E-state index in [1.165, 1.54) is 0 Å². The van der Waals surface area contributed by atoms with E-state index in [1.54, 1.807) is 14.2 Å². The highest BCUT2D eigenvalue weighted by molar-refractivity contribution is 5.60. The predicted molar refractivity (Wildman–Crippen MR) is 142 cm³/mol. The number of hydrogen-bond donors (Lipinski definition) is 0. The normalized spacial score (nSPS) is 18.7. The van der Waals surface area contributed by atoms with Gasteiger partial charge in [0, 0.05) is 74.9 Å². The molecule has 0 saturated carbocycles. The van der Waals surface area contributed by atoms with Gasteiger partial charge in [0.25, 0.3) is 0 Å². The first-order valence-electron chi connectivity index (χ1n) is 12.5. The van der Waals surface area contributed by atoms with Crippen molar-refractivity contribution in [3.05, 3.63) is 47.5 Å². The number of nitrogens with zero attached hydrogens (tertiary/aromatic N) is 6. The lowest BCUT2D eigenvalue weighted by atomic mass is 9.82. The van der Waals surface area contributed by atoms with Crippen molar-refractivity contribution in [1.29, 1.82) is 10.5 Å². The minimum atomic E-state index is -0.714. The molecule has 8 heteroatoms. The highest BCUT2D eigenvalue weighted by Gasteiger charge is 2.31. The zero-order valence-corrected chi connectivity index (χ0v) is 21.8. The monoisotopic (exact) mass is 488 g/mol. The van der Waals surface area contributed by atoms with Gasteiger partial charge < -0.3 is 29.1 Å². The molecule has 0 aromatic heterocycles. The van der Waals surface area contributed by atoms with Gasteiger partial charge in [-0.05, 0) is 50.5 Å². The number of methoxy groups -OCH3 is 2. The molecule has 2 aromatic rings. The summed E-state index contributed by atoms with van der Waals surface area (Å²) < 4.78 is 11.3. The van der Waals surface area contributed by atoms with Crippen LogP contribution in [-0.2, 0) is 0 Å². The molecule has 8 nitrogen and oxygen atoms in total. The molecule has 0 aliphatic carbocycles. The molecule has 190 valence electrons. The lowest BCUT2D eigenvalue weighted by molar-refractivity contribution is 0.312. The van der Waals surface area contributed by atoms with Crippen LogP contribution >= 0.6 is 0 Å². The molecule has 2 saturated heterocycles. The molecule has 2 unspecified atom stereocenters. The Labute approximate surface area is 214 Å². The van der Waals surface area contributed by atoms with Crippen molar-refractivity contribution in [3.63, 3.8) is 0 Å². The zero-order valence-electron chi connectivity index (χ0n) is 21.8. The van der Waals surface area contributed by atoms with Gasteiger partial charge in [0.15, 0.2) is 0 Å². The van der Waals surface area contributed by atoms with Crippen molar-refractivity contribution in [2.75, 3.05) is 90.5 Å². The fourth-order valence-electron chi connectivity index (χ4n) is 5.10. The topological polar surface area (TPSA) is 79.0 Å². The van der Waals surface area contributed by atoms with Gasteiger partial charge in [-0.15, -0.1) is 0 Å². The molecule has 2 heterocycles. The van der Waals surface area contributed by atoms with Crippen LogP contribution in [0.5, 0.6) is 11.5 Å². The van der Waals surface area contributed by atoms with Crippen LogP contribution in [0.15, 0.2) is 36.4 Å². The molecule has 4 rings (SSSR count). The summed E-state index contributed by atoms with van der Waals surface area (Å²) in [5, 5.41) is 20.8. The molecule has 0 amide bonds. The number of ether oxygens (including phenoxy) is 2. The molecule has 2 aliphatic heterocycles. The van der Waals surface area contributed by atoms with Gasteiger partial charge >= 0.3 is 0 Å². The average Bonchev–Trinajstić information content (AvgIpc) is 2.92. The summed E-state index contributed by atoms with van der Waals surface area (Å²) in [6, 6.07) is 16.8. The number of anilines is 2. The highest BCUT2D eigenvalue weighted by atomic mass is 16.5. The Hall–Kier alpha value is -3.46. The molecule has 2 fully saturated rings. The van der Waals surface area contributed by atoms with Gasteiger partial charge in [-0.25, -0.2) is 0 Å². The van der Waals surface area contributed by atoms with Crippen molar-refractivity contribution in [2.24, 2.45) is 0 Å². The maximum Gasteiger partial charge on any atom is 0.123 e. The third-order valence-electron chi connectivity index (χ3n) is 7.45. The van der Waals surface area contributed by atoms with E-state index in [9.17, 15) is 10.5 Å². The number of rotatable bonds is 7. The van der Waals surface area contributed by atoms with Crippen molar-refractivity contribution in [2.45, 2.75) is 11.8 Å². The first kappa shape index (κ1) is 25.6. The van der Waals surface area contributed by atoms with E-state index in [2.05, 4.69) is 45.8 Å². The van der Waals surface area contributed by atoms with Crippen molar-refractivity contribution in [3.8, 4) is 23.6 Å². The van der Waals surface area contributed by atoms with Crippen molar-refractivity contribution in [1.82, 2.24) is 9.80 Å². The van der Waals surface area contributed by atoms with Gasteiger partial charge in [0.1, 0.15) is 11.5 Å². The van der Waals surface area contributed by atoms with E-state index in [-0.39, 0.29) is 0 Å². The lowest BCUT2D eigenvalue weighted by Crippen LogP contribution is -2.44. The van der Waals surface area contributed by atoms with E-state index in [0.717, 1.165) is 74.9 Å². The number of likely N-dealkylation sites (N-methyl/N-ethyl adjacent to an activating group) is 2. The van der Waals surface area contributed by atoms with E-state index in [4.69, 9.17) is 9.47 Å². The summed E-state index contributed by atoms with van der Waals surface area (Å²) in [7, 11) is 7.48. The molecule has 0 spiro atoms. The summed E-state index contributed by atoms with van der Waals surface area (Å²) in [4.78, 5) is 9.27. The van der Waals surface area contributed by atoms with Gasteiger partial charge in [0.2, 0.25) is 0 Å². The van der Waals surface area contributed by atoms with Gasteiger partial charge in [-0.3, -0.25) is 0 Å². The Morgan fingerprint density at radius 1 is 0.639 bits per heavy atom. The minimum Gasteiger partial charge on any atom is -0.496 e. The zero-order chi connectivity index (χ0) is 25.7. The highest BCUT2D eigenvalue weighted by Crippen LogP contribution is 2.43. The molecule has 2 atom stereocenters. The number of benzene rings is 2. The summed E-state index contributed by atoms with van der Waals surface area (Å²) in [6.45, 7) is 7.62. The SMILES string of the molecule is COc1ccc(N2CCN(C)CC2)cc1C(C#N)C(C#N)c1cc(N2CCN(C)CC2)ccc1OC. The maximum atomic E-state index is 10.4. The van der Waals surface area contributed by atoms with Crippen LogP contribution in [0.2, 0.25) is 0 Å². The molecule has 2 aromatic carbocycles. The second-order valence-corrected chi connectivity index (χ2v) is 9.65. The number of nitriles is 2. The Morgan fingerprint density at radius 2 is 1.00 bits per heavy atom. The molecule has 0 bridgehead atoms. The second-order valence-electron chi connectivity index (χ2n) is 9.65. The first-order chi connectivity index (χ1) is 17.5. The van der Waals surface area contributed by atoms with Crippen LogP contribution in [0.25, 0.3) is 0 Å². The molecule has 0 N–H and O–H groups in total. The quantitative estimate of drug-likeness (QED) is 0.588. The van der Waals surface area contributed by atoms with Gasteiger partial charge in [-0.2, -0.15) is 10.5 Å². The second kappa shape index (κ2) is 11.5. The summed E-state index contributed by atoms with van der Waals surface area (Å²) in [5.41, 5.74) is 3.56. The summed E-state index contributed by atoms with van der Waals surface area (Å²) >= 11 is 0. The van der Waals surface area contributed by atoms with Crippen molar-refractivity contribution < 1.29 is 9.47 Å². The third kappa shape index (κ3) is 5.36. The van der Waals surface area contributed by atoms with Crippen LogP contribution in [0.3, 0.4) is 0 Å². The smallest absolute Gasteiger partial charge is 0.123 e. The molecule has 0 radical (unpaired) electrons. The Balaban J connectivity index is 1.71. The lowest BCUT2D eigenvalue weighted by Gasteiger charge is -2.35. The van der Waals surface area contributed by atoms with Crippen LogP contribution < -0.4 is 19.3 Å². The van der Waals surface area contributed by atoms with E-state index < -0.39 is 11.8 Å². The van der Waals surface area contributed by atoms with Crippen LogP contribution in [0.4, 0.5) is 11.4 Å². The van der Waals surface area contributed by atoms with E-state index in [0.29, 0.717) is 11.5 Å². The standard InChI is InChI=1S/C28H36N6O2/c1-31-9-13-33(14-10-31)21-5-7-27(35-3)23(17-21)25(19-29)26(20-30)24-18-22(6-8-28(24)36-4)34-15-11-32(2)12-16-34/h5-8,17-18,25-26H,9-16H2,1-4H3. The summed E-state index contributed by atoms with van der Waals surface area (Å²) in [5.74, 6) is -0.189. The molecular formula is C28H36N6O2. The molecule has 36 heavy (non-hydrogen) atoms. The van der Waals surface area contributed by atoms with Gasteiger partial charge in [-0.1, -0.05) is 0 Å². The predicted octanol–water partition coefficient (Wildman–Crippen LogP) is 3.12. The van der Waals surface area contributed by atoms with E-state index >= 15 is 0 Å². The van der Waals surface area contributed by atoms with Crippen LogP contribution in [-0.4, -0.2) is 90.5 Å². The minimum absolute atomic E-state index is 0.619. The maximum absolute atomic E-state index is 10.4. The fraction of sp³-hybridized carbons (Fsp3) is 0.500. The molecular weight excluding hydrogens is 452 g/mol. The average molecular weight is 489 g/mol. The Morgan fingerprint density at radius 3 is 1.31 bits per heavy atom. The fourth-order valence-corrected chi connectivity index (χ4v) is 5.10. The largest absolute Gasteiger partial charge is 0.496 e. The third-order valence-corrected chi connectivity index (χ3v) is 7.45. The Bertz CT molecular complexity index is 1030. The van der Waals surface area contributed by atoms with Crippen LogP contribution in [0, 0.1) is 22.7 Å². The number of hydrogen-bond acceptors (Lipinski definition) is 8. The van der Waals surface area contributed by atoms with E-state index in [1.807, 2.05) is 36.4 Å². The van der Waals surface area contributed by atoms with Crippen LogP contribution in [0.1, 0.15) is 23.0 Å². The first-order valence-corrected chi connectivity index (χ1v) is 12.5. The van der Waals surface area contributed by atoms with Crippen molar-refractivity contribution >= 4 is 11.4 Å². The Kier molecular flexibility index (Phi) is 8.20. The summed E-state index contributed by atoms with van der Waals surface area (Å²) in [6.07, 6.45) is 0. The molecule has 2 aliphatic rings.